The van der Waals surface area contributed by atoms with Crippen molar-refractivity contribution >= 4 is 0 Å². The molecule has 0 radical (unpaired) electrons. The van der Waals surface area contributed by atoms with Gasteiger partial charge in [-0.25, -0.2) is 0 Å². The van der Waals surface area contributed by atoms with E-state index in [1.807, 2.05) is 6.92 Å². The van der Waals surface area contributed by atoms with Crippen LogP contribution in [0.15, 0.2) is 24.3 Å². The highest BCUT2D eigenvalue weighted by molar-refractivity contribution is 5.26. The van der Waals surface area contributed by atoms with E-state index in [1.165, 1.54) is 12.1 Å². The Kier molecular flexibility index (Phi) is 5.05. The van der Waals surface area contributed by atoms with Crippen LogP contribution >= 0.6 is 0 Å². The number of ether oxygens (including phenoxy) is 1. The molecule has 2 nitrogen and oxygen atoms in total. The summed E-state index contributed by atoms with van der Waals surface area (Å²) in [4.78, 5) is 0. The molecule has 1 N–H and O–H groups in total. The molecule has 5 heteroatoms. The smallest absolute Gasteiger partial charge is 0.381 e. The van der Waals surface area contributed by atoms with Crippen molar-refractivity contribution in [3.8, 4) is 0 Å². The number of hydrogen-bond acceptors (Lipinski definition) is 2. The molecule has 1 saturated heterocycles. The third kappa shape index (κ3) is 3.96. The lowest BCUT2D eigenvalue weighted by Gasteiger charge is -2.32. The standard InChI is InChI=1S/C15H20F3NO/c1-2-19-14-6-7-20-10-12(14)8-11-4-3-5-13(9-11)15(16,17)18/h3-5,9,12,14,19H,2,6-8,10H2,1H3. The molecule has 1 aromatic carbocycles. The molecule has 0 aromatic heterocycles. The highest BCUT2D eigenvalue weighted by atomic mass is 19.4. The van der Waals surface area contributed by atoms with Crippen LogP contribution < -0.4 is 5.32 Å². The predicted octanol–water partition coefficient (Wildman–Crippen LogP) is 3.26. The lowest BCUT2D eigenvalue weighted by atomic mass is 9.89. The van der Waals surface area contributed by atoms with E-state index >= 15 is 0 Å². The van der Waals surface area contributed by atoms with Crippen molar-refractivity contribution in [2.24, 2.45) is 5.92 Å². The molecule has 112 valence electrons. The van der Waals surface area contributed by atoms with Gasteiger partial charge in [-0.2, -0.15) is 13.2 Å². The molecule has 0 saturated carbocycles. The van der Waals surface area contributed by atoms with Crippen molar-refractivity contribution in [1.82, 2.24) is 5.32 Å². The highest BCUT2D eigenvalue weighted by Crippen LogP contribution is 2.30. The van der Waals surface area contributed by atoms with E-state index in [9.17, 15) is 13.2 Å². The van der Waals surface area contributed by atoms with Crippen LogP contribution in [-0.2, 0) is 17.3 Å². The second-order valence-corrected chi connectivity index (χ2v) is 5.19. The monoisotopic (exact) mass is 287 g/mol. The summed E-state index contributed by atoms with van der Waals surface area (Å²) in [5, 5.41) is 3.40. The van der Waals surface area contributed by atoms with Crippen LogP contribution in [0, 0.1) is 5.92 Å². The fourth-order valence-corrected chi connectivity index (χ4v) is 2.71. The molecule has 1 aromatic rings. The molecule has 2 rings (SSSR count). The molecule has 1 fully saturated rings. The van der Waals surface area contributed by atoms with Gasteiger partial charge in [0.15, 0.2) is 0 Å². The second kappa shape index (κ2) is 6.59. The number of halogens is 3. The first-order valence-electron chi connectivity index (χ1n) is 6.98. The van der Waals surface area contributed by atoms with Crippen molar-refractivity contribution in [2.45, 2.75) is 32.0 Å². The van der Waals surface area contributed by atoms with Crippen LogP contribution in [-0.4, -0.2) is 25.8 Å². The van der Waals surface area contributed by atoms with Crippen LogP contribution in [0.1, 0.15) is 24.5 Å². The molecule has 0 spiro atoms. The zero-order chi connectivity index (χ0) is 14.6. The molecule has 1 heterocycles. The van der Waals surface area contributed by atoms with Gasteiger partial charge in [-0.05, 0) is 31.0 Å². The molecule has 0 bridgehead atoms. The zero-order valence-corrected chi connectivity index (χ0v) is 11.5. The maximum absolute atomic E-state index is 12.7. The first-order valence-corrected chi connectivity index (χ1v) is 6.98. The molecular weight excluding hydrogens is 267 g/mol. The Morgan fingerprint density at radius 3 is 2.85 bits per heavy atom. The zero-order valence-electron chi connectivity index (χ0n) is 11.5. The van der Waals surface area contributed by atoms with Crippen molar-refractivity contribution in [2.75, 3.05) is 19.8 Å². The summed E-state index contributed by atoms with van der Waals surface area (Å²) in [6.45, 7) is 4.23. The summed E-state index contributed by atoms with van der Waals surface area (Å²) in [5.41, 5.74) is 0.143. The van der Waals surface area contributed by atoms with Gasteiger partial charge >= 0.3 is 6.18 Å². The third-order valence-corrected chi connectivity index (χ3v) is 3.69. The molecular formula is C15H20F3NO. The lowest BCUT2D eigenvalue weighted by Crippen LogP contribution is -2.43. The van der Waals surface area contributed by atoms with Crippen molar-refractivity contribution < 1.29 is 17.9 Å². The van der Waals surface area contributed by atoms with Gasteiger partial charge < -0.3 is 10.1 Å². The Morgan fingerprint density at radius 1 is 1.35 bits per heavy atom. The normalized spacial score (nSPS) is 23.8. The Bertz CT molecular complexity index is 431. The van der Waals surface area contributed by atoms with Gasteiger partial charge in [-0.3, -0.25) is 0 Å². The van der Waals surface area contributed by atoms with E-state index in [-0.39, 0.29) is 5.92 Å². The van der Waals surface area contributed by atoms with Gasteiger partial charge in [-0.1, -0.05) is 25.1 Å². The summed E-state index contributed by atoms with van der Waals surface area (Å²) < 4.78 is 43.6. The van der Waals surface area contributed by atoms with E-state index in [2.05, 4.69) is 5.32 Å². The Morgan fingerprint density at radius 2 is 2.15 bits per heavy atom. The summed E-state index contributed by atoms with van der Waals surface area (Å²) in [6.07, 6.45) is -2.75. The van der Waals surface area contributed by atoms with Crippen LogP contribution in [0.25, 0.3) is 0 Å². The number of nitrogens with one attached hydrogen (secondary N) is 1. The van der Waals surface area contributed by atoms with Crippen LogP contribution in [0.3, 0.4) is 0 Å². The quantitative estimate of drug-likeness (QED) is 0.917. The Hall–Kier alpha value is -1.07. The Balaban J connectivity index is 2.08. The van der Waals surface area contributed by atoms with Crippen LogP contribution in [0.2, 0.25) is 0 Å². The second-order valence-electron chi connectivity index (χ2n) is 5.19. The van der Waals surface area contributed by atoms with E-state index in [0.717, 1.165) is 31.2 Å². The lowest BCUT2D eigenvalue weighted by molar-refractivity contribution is -0.137. The van der Waals surface area contributed by atoms with Gasteiger partial charge in [-0.15, -0.1) is 0 Å². The maximum atomic E-state index is 12.7. The SMILES string of the molecule is CCNC1CCOCC1Cc1cccc(C(F)(F)F)c1. The van der Waals surface area contributed by atoms with E-state index in [1.54, 1.807) is 6.07 Å². The Labute approximate surface area is 117 Å². The molecule has 1 aliphatic rings. The number of benzene rings is 1. The first-order chi connectivity index (χ1) is 9.50. The summed E-state index contributed by atoms with van der Waals surface area (Å²) in [7, 11) is 0. The average Bonchev–Trinajstić information content (AvgIpc) is 2.41. The van der Waals surface area contributed by atoms with E-state index in [4.69, 9.17) is 4.74 Å². The van der Waals surface area contributed by atoms with E-state index in [0.29, 0.717) is 19.1 Å². The fraction of sp³-hybridized carbons (Fsp3) is 0.600. The van der Waals surface area contributed by atoms with Crippen LogP contribution in [0.5, 0.6) is 0 Å². The van der Waals surface area contributed by atoms with Gasteiger partial charge in [0, 0.05) is 18.6 Å². The largest absolute Gasteiger partial charge is 0.416 e. The maximum Gasteiger partial charge on any atom is 0.416 e. The number of hydrogen-bond donors (Lipinski definition) is 1. The molecule has 0 aliphatic carbocycles. The van der Waals surface area contributed by atoms with Gasteiger partial charge in [0.2, 0.25) is 0 Å². The van der Waals surface area contributed by atoms with Gasteiger partial charge in [0.1, 0.15) is 0 Å². The minimum Gasteiger partial charge on any atom is -0.381 e. The topological polar surface area (TPSA) is 21.3 Å². The first kappa shape index (κ1) is 15.3. The number of rotatable bonds is 4. The number of alkyl halides is 3. The predicted molar refractivity (Wildman–Crippen MR) is 71.5 cm³/mol. The minimum absolute atomic E-state index is 0.229. The molecule has 1 aliphatic heterocycles. The summed E-state index contributed by atoms with van der Waals surface area (Å²) in [6, 6.07) is 5.92. The van der Waals surface area contributed by atoms with Crippen LogP contribution in [0.4, 0.5) is 13.2 Å². The average molecular weight is 287 g/mol. The highest BCUT2D eigenvalue weighted by Gasteiger charge is 2.31. The van der Waals surface area contributed by atoms with Gasteiger partial charge in [0.05, 0.1) is 12.2 Å². The molecule has 2 unspecified atom stereocenters. The fourth-order valence-electron chi connectivity index (χ4n) is 2.71. The van der Waals surface area contributed by atoms with Crippen molar-refractivity contribution in [3.63, 3.8) is 0 Å². The van der Waals surface area contributed by atoms with Gasteiger partial charge in [0.25, 0.3) is 0 Å². The van der Waals surface area contributed by atoms with Crippen molar-refractivity contribution in [1.29, 1.82) is 0 Å². The summed E-state index contributed by atoms with van der Waals surface area (Å²) in [5.74, 6) is 0.229. The summed E-state index contributed by atoms with van der Waals surface area (Å²) >= 11 is 0. The third-order valence-electron chi connectivity index (χ3n) is 3.69. The van der Waals surface area contributed by atoms with Crippen molar-refractivity contribution in [3.05, 3.63) is 35.4 Å². The van der Waals surface area contributed by atoms with E-state index < -0.39 is 11.7 Å². The minimum atomic E-state index is -4.28. The molecule has 20 heavy (non-hydrogen) atoms. The molecule has 2 atom stereocenters. The molecule has 0 amide bonds.